The summed E-state index contributed by atoms with van der Waals surface area (Å²) in [6, 6.07) is 1.01. The van der Waals surface area contributed by atoms with E-state index in [1.54, 1.807) is 30.7 Å². The van der Waals surface area contributed by atoms with Crippen LogP contribution in [0.4, 0.5) is 13.2 Å². The molecule has 20 heavy (non-hydrogen) atoms. The molecular weight excluding hydrogens is 337 g/mol. The highest BCUT2D eigenvalue weighted by Gasteiger charge is 2.35. The van der Waals surface area contributed by atoms with Crippen molar-refractivity contribution in [2.24, 2.45) is 0 Å². The lowest BCUT2D eigenvalue weighted by Gasteiger charge is -2.28. The monoisotopic (exact) mass is 354 g/mol. The number of carbonyl (C=O) groups is 1. The van der Waals surface area contributed by atoms with E-state index in [0.29, 0.717) is 4.47 Å². The third kappa shape index (κ3) is 4.26. The van der Waals surface area contributed by atoms with Gasteiger partial charge in [0.1, 0.15) is 12.2 Å². The van der Waals surface area contributed by atoms with Crippen LogP contribution in [0.1, 0.15) is 44.2 Å². The van der Waals surface area contributed by atoms with Gasteiger partial charge >= 0.3 is 6.18 Å². The summed E-state index contributed by atoms with van der Waals surface area (Å²) in [6.45, 7) is 5.63. The van der Waals surface area contributed by atoms with Crippen LogP contribution in [-0.4, -0.2) is 34.1 Å². The van der Waals surface area contributed by atoms with Crippen molar-refractivity contribution in [1.82, 2.24) is 9.47 Å². The maximum absolute atomic E-state index is 12.6. The number of rotatable bonds is 4. The normalized spacial score (nSPS) is 12.3. The summed E-state index contributed by atoms with van der Waals surface area (Å²) in [5.41, 5.74) is 0.254. The molecule has 114 valence electrons. The maximum Gasteiger partial charge on any atom is 0.406 e. The van der Waals surface area contributed by atoms with Crippen molar-refractivity contribution in [2.45, 2.75) is 46.0 Å². The average Bonchev–Trinajstić information content (AvgIpc) is 2.66. The first-order valence-corrected chi connectivity index (χ1v) is 7.07. The second kappa shape index (κ2) is 6.20. The average molecular weight is 355 g/mol. The van der Waals surface area contributed by atoms with Gasteiger partial charge in [0, 0.05) is 22.8 Å². The minimum Gasteiger partial charge on any atom is -0.340 e. The van der Waals surface area contributed by atoms with Crippen LogP contribution in [0.25, 0.3) is 0 Å². The minimum absolute atomic E-state index is 0.0138. The Bertz CT molecular complexity index is 480. The SMILES string of the molecule is CC(C)N(CC(F)(F)F)C(=O)c1cc(Br)cn1C(C)C. The number of aromatic nitrogens is 1. The molecule has 0 aliphatic heterocycles. The highest BCUT2D eigenvalue weighted by Crippen LogP contribution is 2.24. The first-order chi connectivity index (χ1) is 9.03. The highest BCUT2D eigenvalue weighted by atomic mass is 79.9. The number of nitrogens with zero attached hydrogens (tertiary/aromatic N) is 2. The van der Waals surface area contributed by atoms with Gasteiger partial charge in [0.05, 0.1) is 0 Å². The standard InChI is InChI=1S/C13H18BrF3N2O/c1-8(2)18-6-10(14)5-11(18)12(20)19(9(3)4)7-13(15,16)17/h5-6,8-9H,7H2,1-4H3. The molecule has 1 aromatic rings. The molecule has 1 aromatic heterocycles. The molecule has 0 aromatic carbocycles. The Morgan fingerprint density at radius 2 is 1.90 bits per heavy atom. The topological polar surface area (TPSA) is 25.2 Å². The summed E-state index contributed by atoms with van der Waals surface area (Å²) < 4.78 is 40.1. The maximum atomic E-state index is 12.6. The van der Waals surface area contributed by atoms with E-state index in [-0.39, 0.29) is 11.7 Å². The van der Waals surface area contributed by atoms with Crippen LogP contribution in [-0.2, 0) is 0 Å². The molecule has 3 nitrogen and oxygen atoms in total. The van der Waals surface area contributed by atoms with Crippen LogP contribution in [0.5, 0.6) is 0 Å². The zero-order valence-electron chi connectivity index (χ0n) is 11.8. The molecule has 0 saturated carbocycles. The van der Waals surface area contributed by atoms with Crippen molar-refractivity contribution in [3.05, 3.63) is 22.4 Å². The molecule has 0 fully saturated rings. The van der Waals surface area contributed by atoms with Gasteiger partial charge in [0.2, 0.25) is 0 Å². The van der Waals surface area contributed by atoms with E-state index in [1.165, 1.54) is 0 Å². The van der Waals surface area contributed by atoms with Crippen molar-refractivity contribution in [1.29, 1.82) is 0 Å². The first kappa shape index (κ1) is 17.1. The number of halogens is 4. The summed E-state index contributed by atoms with van der Waals surface area (Å²) in [7, 11) is 0. The van der Waals surface area contributed by atoms with Crippen molar-refractivity contribution in [3.63, 3.8) is 0 Å². The summed E-state index contributed by atoms with van der Waals surface area (Å²) in [5, 5.41) is 0. The molecule has 1 rings (SSSR count). The van der Waals surface area contributed by atoms with Crippen LogP contribution >= 0.6 is 15.9 Å². The van der Waals surface area contributed by atoms with Crippen molar-refractivity contribution in [2.75, 3.05) is 6.54 Å². The van der Waals surface area contributed by atoms with Crippen molar-refractivity contribution in [3.8, 4) is 0 Å². The Morgan fingerprint density at radius 1 is 1.35 bits per heavy atom. The zero-order valence-corrected chi connectivity index (χ0v) is 13.4. The molecule has 0 aliphatic carbocycles. The molecule has 0 N–H and O–H groups in total. The smallest absolute Gasteiger partial charge is 0.340 e. The Kier molecular flexibility index (Phi) is 5.29. The van der Waals surface area contributed by atoms with E-state index in [9.17, 15) is 18.0 Å². The third-order valence-corrected chi connectivity index (χ3v) is 3.26. The van der Waals surface area contributed by atoms with Gasteiger partial charge in [-0.25, -0.2) is 0 Å². The molecule has 7 heteroatoms. The fourth-order valence-corrected chi connectivity index (χ4v) is 2.31. The summed E-state index contributed by atoms with van der Waals surface area (Å²) in [4.78, 5) is 13.2. The number of alkyl halides is 3. The second-order valence-electron chi connectivity index (χ2n) is 5.19. The van der Waals surface area contributed by atoms with Crippen LogP contribution in [0.2, 0.25) is 0 Å². The Balaban J connectivity index is 3.13. The minimum atomic E-state index is -4.41. The lowest BCUT2D eigenvalue weighted by atomic mass is 10.2. The Morgan fingerprint density at radius 3 is 2.30 bits per heavy atom. The summed E-state index contributed by atoms with van der Waals surface area (Å²) in [5.74, 6) is -0.614. The molecule has 0 radical (unpaired) electrons. The van der Waals surface area contributed by atoms with E-state index in [2.05, 4.69) is 15.9 Å². The molecule has 0 bridgehead atoms. The molecular formula is C13H18BrF3N2O. The van der Waals surface area contributed by atoms with E-state index in [1.807, 2.05) is 13.8 Å². The van der Waals surface area contributed by atoms with E-state index >= 15 is 0 Å². The van der Waals surface area contributed by atoms with Crippen molar-refractivity contribution >= 4 is 21.8 Å². The van der Waals surface area contributed by atoms with Crippen LogP contribution in [0.3, 0.4) is 0 Å². The second-order valence-corrected chi connectivity index (χ2v) is 6.10. The van der Waals surface area contributed by atoms with Gasteiger partial charge in [-0.3, -0.25) is 4.79 Å². The summed E-state index contributed by atoms with van der Waals surface area (Å²) >= 11 is 3.25. The highest BCUT2D eigenvalue weighted by molar-refractivity contribution is 9.10. The molecule has 0 spiro atoms. The zero-order chi connectivity index (χ0) is 15.7. The molecule has 0 unspecified atom stereocenters. The number of hydrogen-bond donors (Lipinski definition) is 0. The fourth-order valence-electron chi connectivity index (χ4n) is 1.87. The molecule has 0 aliphatic rings. The number of amides is 1. The van der Waals surface area contributed by atoms with Gasteiger partial charge in [-0.2, -0.15) is 13.2 Å². The van der Waals surface area contributed by atoms with Gasteiger partial charge in [-0.1, -0.05) is 0 Å². The Labute approximate surface area is 124 Å². The van der Waals surface area contributed by atoms with Gasteiger partial charge in [0.15, 0.2) is 0 Å². The van der Waals surface area contributed by atoms with E-state index in [0.717, 1.165) is 4.90 Å². The van der Waals surface area contributed by atoms with Crippen LogP contribution in [0, 0.1) is 0 Å². The van der Waals surface area contributed by atoms with Gasteiger partial charge in [0.25, 0.3) is 5.91 Å². The predicted molar refractivity (Wildman–Crippen MR) is 74.7 cm³/mol. The number of hydrogen-bond acceptors (Lipinski definition) is 1. The van der Waals surface area contributed by atoms with E-state index in [4.69, 9.17) is 0 Å². The molecule has 0 saturated heterocycles. The van der Waals surface area contributed by atoms with Crippen molar-refractivity contribution < 1.29 is 18.0 Å². The largest absolute Gasteiger partial charge is 0.406 e. The lowest BCUT2D eigenvalue weighted by molar-refractivity contribution is -0.143. The Hall–Kier alpha value is -0.980. The van der Waals surface area contributed by atoms with Gasteiger partial charge < -0.3 is 9.47 Å². The van der Waals surface area contributed by atoms with Crippen LogP contribution in [0.15, 0.2) is 16.7 Å². The lowest BCUT2D eigenvalue weighted by Crippen LogP contribution is -2.44. The number of carbonyl (C=O) groups excluding carboxylic acids is 1. The quantitative estimate of drug-likeness (QED) is 0.793. The summed E-state index contributed by atoms with van der Waals surface area (Å²) in [6.07, 6.45) is -2.71. The fraction of sp³-hybridized carbons (Fsp3) is 0.615. The van der Waals surface area contributed by atoms with E-state index < -0.39 is 24.7 Å². The predicted octanol–water partition coefficient (Wildman–Crippen LogP) is 4.24. The van der Waals surface area contributed by atoms with Gasteiger partial charge in [-0.05, 0) is 49.7 Å². The van der Waals surface area contributed by atoms with Gasteiger partial charge in [-0.15, -0.1) is 0 Å². The molecule has 1 heterocycles. The van der Waals surface area contributed by atoms with Crippen LogP contribution < -0.4 is 0 Å². The first-order valence-electron chi connectivity index (χ1n) is 6.28. The third-order valence-electron chi connectivity index (χ3n) is 2.82. The molecule has 1 amide bonds. The molecule has 0 atom stereocenters.